The van der Waals surface area contributed by atoms with Gasteiger partial charge in [0, 0.05) is 36.5 Å². The van der Waals surface area contributed by atoms with Gasteiger partial charge < -0.3 is 15.3 Å². The third-order valence-electron chi connectivity index (χ3n) is 5.10. The van der Waals surface area contributed by atoms with Crippen molar-refractivity contribution in [3.63, 3.8) is 0 Å². The minimum absolute atomic E-state index is 0.136. The van der Waals surface area contributed by atoms with Crippen molar-refractivity contribution in [1.82, 2.24) is 9.97 Å². The molecule has 0 saturated heterocycles. The Hall–Kier alpha value is -4.26. The second kappa shape index (κ2) is 10.9. The standard InChI is InChI=1S/C26H26N4O3/c1-4-30(3)26-21(16-24(32)33)17-27-25(29-26)18(2)20-11-13-22(14-12-20)28-23(31)15-10-19-8-6-5-7-9-19/h4-15,17-18H,1,16H2,2-3H3,(H,28,31)(H,32,33)/b15-10+. The van der Waals surface area contributed by atoms with Crippen LogP contribution in [-0.4, -0.2) is 34.0 Å². The van der Waals surface area contributed by atoms with Crippen LogP contribution in [0.15, 0.2) is 79.6 Å². The van der Waals surface area contributed by atoms with Crippen molar-refractivity contribution in [2.24, 2.45) is 0 Å². The number of hydrogen-bond acceptors (Lipinski definition) is 5. The third kappa shape index (κ3) is 6.36. The van der Waals surface area contributed by atoms with E-state index in [4.69, 9.17) is 5.11 Å². The molecule has 1 aromatic heterocycles. The molecule has 7 nitrogen and oxygen atoms in total. The van der Waals surface area contributed by atoms with Crippen molar-refractivity contribution >= 4 is 29.5 Å². The quantitative estimate of drug-likeness (QED) is 0.474. The van der Waals surface area contributed by atoms with Gasteiger partial charge in [0.05, 0.1) is 6.42 Å². The fourth-order valence-corrected chi connectivity index (χ4v) is 3.22. The predicted octanol–water partition coefficient (Wildman–Crippen LogP) is 4.49. The van der Waals surface area contributed by atoms with E-state index in [1.165, 1.54) is 6.08 Å². The second-order valence-corrected chi connectivity index (χ2v) is 7.52. The van der Waals surface area contributed by atoms with Crippen molar-refractivity contribution in [2.45, 2.75) is 19.3 Å². The molecule has 168 valence electrons. The molecule has 1 unspecified atom stereocenters. The molecule has 0 saturated carbocycles. The Bertz CT molecular complexity index is 1160. The van der Waals surface area contributed by atoms with E-state index in [1.54, 1.807) is 30.4 Å². The van der Waals surface area contributed by atoms with E-state index < -0.39 is 5.97 Å². The first-order valence-corrected chi connectivity index (χ1v) is 10.4. The molecule has 1 heterocycles. The number of benzene rings is 2. The Balaban J connectivity index is 1.72. The largest absolute Gasteiger partial charge is 0.481 e. The lowest BCUT2D eigenvalue weighted by molar-refractivity contribution is -0.136. The van der Waals surface area contributed by atoms with Crippen LogP contribution in [0.4, 0.5) is 11.5 Å². The normalized spacial score (nSPS) is 11.7. The zero-order valence-corrected chi connectivity index (χ0v) is 18.6. The van der Waals surface area contributed by atoms with Gasteiger partial charge in [-0.2, -0.15) is 0 Å². The Labute approximate surface area is 193 Å². The van der Waals surface area contributed by atoms with Crippen LogP contribution in [-0.2, 0) is 16.0 Å². The number of carbonyl (C=O) groups excluding carboxylic acids is 1. The minimum atomic E-state index is -0.950. The van der Waals surface area contributed by atoms with Gasteiger partial charge in [-0.15, -0.1) is 0 Å². The Morgan fingerprint density at radius 2 is 1.85 bits per heavy atom. The van der Waals surface area contributed by atoms with Crippen molar-refractivity contribution < 1.29 is 14.7 Å². The molecule has 0 fully saturated rings. The van der Waals surface area contributed by atoms with Crippen LogP contribution in [0.3, 0.4) is 0 Å². The molecule has 2 aromatic carbocycles. The molecule has 0 radical (unpaired) electrons. The van der Waals surface area contributed by atoms with Gasteiger partial charge in [-0.05, 0) is 35.5 Å². The van der Waals surface area contributed by atoms with Gasteiger partial charge in [0.15, 0.2) is 0 Å². The van der Waals surface area contributed by atoms with Gasteiger partial charge in [0.1, 0.15) is 11.6 Å². The molecule has 3 aromatic rings. The summed E-state index contributed by atoms with van der Waals surface area (Å²) in [5.74, 6) is -0.221. The number of aromatic nitrogens is 2. The highest BCUT2D eigenvalue weighted by atomic mass is 16.4. The zero-order chi connectivity index (χ0) is 23.8. The molecule has 7 heteroatoms. The van der Waals surface area contributed by atoms with Crippen molar-refractivity contribution in [1.29, 1.82) is 0 Å². The van der Waals surface area contributed by atoms with E-state index in [0.717, 1.165) is 11.1 Å². The van der Waals surface area contributed by atoms with Gasteiger partial charge in [0.25, 0.3) is 0 Å². The van der Waals surface area contributed by atoms with E-state index >= 15 is 0 Å². The Kier molecular flexibility index (Phi) is 7.70. The molecule has 3 rings (SSSR count). The number of carbonyl (C=O) groups is 2. The summed E-state index contributed by atoms with van der Waals surface area (Å²) in [6, 6.07) is 17.1. The molecule has 0 aliphatic heterocycles. The first kappa shape index (κ1) is 23.4. The van der Waals surface area contributed by atoms with Gasteiger partial charge in [-0.25, -0.2) is 9.97 Å². The maximum absolute atomic E-state index is 12.2. The van der Waals surface area contributed by atoms with Crippen LogP contribution in [0.5, 0.6) is 0 Å². The Morgan fingerprint density at radius 1 is 1.15 bits per heavy atom. The molecule has 1 atom stereocenters. The van der Waals surface area contributed by atoms with Gasteiger partial charge >= 0.3 is 5.97 Å². The number of nitrogens with one attached hydrogen (secondary N) is 1. The lowest BCUT2D eigenvalue weighted by Crippen LogP contribution is -2.17. The molecule has 0 bridgehead atoms. The van der Waals surface area contributed by atoms with Crippen LogP contribution >= 0.6 is 0 Å². The summed E-state index contributed by atoms with van der Waals surface area (Å²) in [5, 5.41) is 12.0. The van der Waals surface area contributed by atoms with Crippen LogP contribution < -0.4 is 10.2 Å². The smallest absolute Gasteiger partial charge is 0.308 e. The van der Waals surface area contributed by atoms with Crippen LogP contribution in [0.2, 0.25) is 0 Å². The third-order valence-corrected chi connectivity index (χ3v) is 5.10. The summed E-state index contributed by atoms with van der Waals surface area (Å²) in [6.45, 7) is 5.70. The van der Waals surface area contributed by atoms with Crippen molar-refractivity contribution in [3.8, 4) is 0 Å². The summed E-state index contributed by atoms with van der Waals surface area (Å²) >= 11 is 0. The molecule has 2 N–H and O–H groups in total. The molecule has 0 aliphatic rings. The van der Waals surface area contributed by atoms with Crippen LogP contribution in [0, 0.1) is 0 Å². The maximum Gasteiger partial charge on any atom is 0.308 e. The van der Waals surface area contributed by atoms with E-state index in [9.17, 15) is 9.59 Å². The molecule has 0 aliphatic carbocycles. The SMILES string of the molecule is C=CN(C)c1nc(C(C)c2ccc(NC(=O)/C=C/c3ccccc3)cc2)ncc1CC(=O)O. The number of hydrogen-bond donors (Lipinski definition) is 2. The molecule has 33 heavy (non-hydrogen) atoms. The lowest BCUT2D eigenvalue weighted by atomic mass is 10.00. The van der Waals surface area contributed by atoms with E-state index in [-0.39, 0.29) is 18.2 Å². The minimum Gasteiger partial charge on any atom is -0.481 e. The fourth-order valence-electron chi connectivity index (χ4n) is 3.22. The highest BCUT2D eigenvalue weighted by Gasteiger charge is 2.17. The summed E-state index contributed by atoms with van der Waals surface area (Å²) in [6.07, 6.45) is 6.21. The zero-order valence-electron chi connectivity index (χ0n) is 18.6. The van der Waals surface area contributed by atoms with Crippen LogP contribution in [0.25, 0.3) is 6.08 Å². The average molecular weight is 443 g/mol. The van der Waals surface area contributed by atoms with E-state index in [0.29, 0.717) is 22.9 Å². The average Bonchev–Trinajstić information content (AvgIpc) is 2.83. The number of carboxylic acids is 1. The van der Waals surface area contributed by atoms with Gasteiger partial charge in [-0.3, -0.25) is 9.59 Å². The predicted molar refractivity (Wildman–Crippen MR) is 130 cm³/mol. The monoisotopic (exact) mass is 442 g/mol. The topological polar surface area (TPSA) is 95.4 Å². The highest BCUT2D eigenvalue weighted by Crippen LogP contribution is 2.26. The maximum atomic E-state index is 12.2. The first-order valence-electron chi connectivity index (χ1n) is 10.4. The van der Waals surface area contributed by atoms with Crippen molar-refractivity contribution in [2.75, 3.05) is 17.3 Å². The number of anilines is 2. The first-order chi connectivity index (χ1) is 15.9. The van der Waals surface area contributed by atoms with E-state index in [2.05, 4.69) is 21.9 Å². The number of nitrogens with zero attached hydrogens (tertiary/aromatic N) is 3. The Morgan fingerprint density at radius 3 is 2.48 bits per heavy atom. The van der Waals surface area contributed by atoms with E-state index in [1.807, 2.05) is 61.5 Å². The van der Waals surface area contributed by atoms with Gasteiger partial charge in [-0.1, -0.05) is 56.0 Å². The summed E-state index contributed by atoms with van der Waals surface area (Å²) in [5.41, 5.74) is 3.11. The number of rotatable bonds is 9. The lowest BCUT2D eigenvalue weighted by Gasteiger charge is -2.19. The van der Waals surface area contributed by atoms with Crippen LogP contribution in [0.1, 0.15) is 35.4 Å². The second-order valence-electron chi connectivity index (χ2n) is 7.52. The summed E-state index contributed by atoms with van der Waals surface area (Å²) in [7, 11) is 1.76. The highest BCUT2D eigenvalue weighted by molar-refractivity contribution is 6.01. The van der Waals surface area contributed by atoms with Crippen molar-refractivity contribution in [3.05, 3.63) is 102 Å². The summed E-state index contributed by atoms with van der Waals surface area (Å²) < 4.78 is 0. The molecule has 0 spiro atoms. The molecular formula is C26H26N4O3. The molecular weight excluding hydrogens is 416 g/mol. The summed E-state index contributed by atoms with van der Waals surface area (Å²) in [4.78, 5) is 34.0. The number of aliphatic carboxylic acids is 1. The molecule has 1 amide bonds. The fraction of sp³-hybridized carbons (Fsp3) is 0.154. The number of carboxylic acid groups (broad SMARTS) is 1. The van der Waals surface area contributed by atoms with Gasteiger partial charge in [0.2, 0.25) is 5.91 Å². The number of amides is 1.